The molecule has 9 heteroatoms. The summed E-state index contributed by atoms with van der Waals surface area (Å²) in [5.41, 5.74) is 2.00. The lowest BCUT2D eigenvalue weighted by Gasteiger charge is -2.12. The van der Waals surface area contributed by atoms with Crippen molar-refractivity contribution in [3.05, 3.63) is 98.5 Å². The fraction of sp³-hybridized carbons (Fsp3) is 0.0909. The largest absolute Gasteiger partial charge is 0.493 e. The number of nitro groups is 1. The van der Waals surface area contributed by atoms with E-state index in [1.54, 1.807) is 24.3 Å². The molecule has 0 spiro atoms. The van der Waals surface area contributed by atoms with Crippen LogP contribution in [0.25, 0.3) is 0 Å². The molecule has 0 atom stereocenters. The summed E-state index contributed by atoms with van der Waals surface area (Å²) in [4.78, 5) is 22.9. The average Bonchev–Trinajstić information content (AvgIpc) is 2.76. The van der Waals surface area contributed by atoms with Crippen LogP contribution in [0.3, 0.4) is 0 Å². The zero-order chi connectivity index (χ0) is 22.2. The summed E-state index contributed by atoms with van der Waals surface area (Å²) in [6.07, 6.45) is 0.759. The fourth-order valence-electron chi connectivity index (χ4n) is 2.71. The Kier molecular flexibility index (Phi) is 7.69. The Bertz CT molecular complexity index is 1110. The molecular formula is C22H18BrN3O4S. The Morgan fingerprint density at radius 2 is 1.84 bits per heavy atom. The summed E-state index contributed by atoms with van der Waals surface area (Å²) in [5.74, 6) is 0.185. The normalized spacial score (nSPS) is 10.2. The maximum Gasteiger partial charge on any atom is 0.270 e. The van der Waals surface area contributed by atoms with Crippen molar-refractivity contribution < 1.29 is 14.5 Å². The molecule has 2 N–H and O–H groups in total. The molecule has 0 aliphatic carbocycles. The van der Waals surface area contributed by atoms with E-state index >= 15 is 0 Å². The van der Waals surface area contributed by atoms with E-state index in [2.05, 4.69) is 26.6 Å². The minimum atomic E-state index is -0.496. The minimum absolute atomic E-state index is 0.0588. The van der Waals surface area contributed by atoms with E-state index in [1.807, 2.05) is 30.3 Å². The number of carbonyl (C=O) groups excluding carboxylic acids is 1. The van der Waals surface area contributed by atoms with E-state index in [-0.39, 0.29) is 10.8 Å². The molecule has 0 bridgehead atoms. The third-order valence-corrected chi connectivity index (χ3v) is 5.10. The molecule has 0 heterocycles. The highest BCUT2D eigenvalue weighted by molar-refractivity contribution is 9.10. The van der Waals surface area contributed by atoms with Crippen molar-refractivity contribution in [2.24, 2.45) is 0 Å². The molecular weight excluding hydrogens is 482 g/mol. The first-order chi connectivity index (χ1) is 14.9. The van der Waals surface area contributed by atoms with Crippen LogP contribution in [0, 0.1) is 10.1 Å². The lowest BCUT2D eigenvalue weighted by atomic mass is 10.2. The lowest BCUT2D eigenvalue weighted by Crippen LogP contribution is -2.34. The highest BCUT2D eigenvalue weighted by atomic mass is 79.9. The number of non-ortho nitro benzene ring substituents is 1. The zero-order valence-corrected chi connectivity index (χ0v) is 18.6. The van der Waals surface area contributed by atoms with Gasteiger partial charge in [-0.2, -0.15) is 0 Å². The quantitative estimate of drug-likeness (QED) is 0.266. The number of amides is 1. The Morgan fingerprint density at radius 3 is 2.55 bits per heavy atom. The molecule has 0 fully saturated rings. The van der Waals surface area contributed by atoms with E-state index < -0.39 is 10.8 Å². The summed E-state index contributed by atoms with van der Waals surface area (Å²) >= 11 is 8.43. The molecule has 31 heavy (non-hydrogen) atoms. The van der Waals surface area contributed by atoms with E-state index in [4.69, 9.17) is 17.0 Å². The second-order valence-corrected chi connectivity index (χ2v) is 7.70. The van der Waals surface area contributed by atoms with Gasteiger partial charge in [-0.1, -0.05) is 36.4 Å². The number of rotatable bonds is 7. The van der Waals surface area contributed by atoms with Gasteiger partial charge in [-0.15, -0.1) is 0 Å². The SMILES string of the molecule is O=C(NC(=S)Nc1ccc([N+](=O)[O-])cc1Br)c1cccc(OCCc2ccccc2)c1. The van der Waals surface area contributed by atoms with Gasteiger partial charge in [0.05, 0.1) is 17.2 Å². The maximum atomic E-state index is 12.5. The van der Waals surface area contributed by atoms with Crippen LogP contribution in [0.4, 0.5) is 11.4 Å². The van der Waals surface area contributed by atoms with Gasteiger partial charge >= 0.3 is 0 Å². The molecule has 0 aliphatic heterocycles. The number of ether oxygens (including phenoxy) is 1. The van der Waals surface area contributed by atoms with E-state index in [1.165, 1.54) is 23.8 Å². The van der Waals surface area contributed by atoms with Gasteiger partial charge < -0.3 is 10.1 Å². The highest BCUT2D eigenvalue weighted by Crippen LogP contribution is 2.27. The first-order valence-corrected chi connectivity index (χ1v) is 10.5. The molecule has 3 aromatic carbocycles. The summed E-state index contributed by atoms with van der Waals surface area (Å²) in [5, 5.41) is 16.3. The second kappa shape index (κ2) is 10.6. The number of benzene rings is 3. The van der Waals surface area contributed by atoms with Crippen LogP contribution in [0.1, 0.15) is 15.9 Å². The van der Waals surface area contributed by atoms with Crippen LogP contribution in [0.2, 0.25) is 0 Å². The van der Waals surface area contributed by atoms with Crippen molar-refractivity contribution >= 4 is 50.5 Å². The van der Waals surface area contributed by atoms with Crippen molar-refractivity contribution in [2.75, 3.05) is 11.9 Å². The topological polar surface area (TPSA) is 93.5 Å². The minimum Gasteiger partial charge on any atom is -0.493 e. The third-order valence-electron chi connectivity index (χ3n) is 4.24. The summed E-state index contributed by atoms with van der Waals surface area (Å²) in [6.45, 7) is 0.489. The fourth-order valence-corrected chi connectivity index (χ4v) is 3.37. The standard InChI is InChI=1S/C22H18BrN3O4S/c23-19-14-17(26(28)29)9-10-20(19)24-22(31)25-21(27)16-7-4-8-18(13-16)30-12-11-15-5-2-1-3-6-15/h1-10,13-14H,11-12H2,(H2,24,25,27,31). The van der Waals surface area contributed by atoms with Gasteiger partial charge in [-0.3, -0.25) is 20.2 Å². The van der Waals surface area contributed by atoms with E-state index in [0.717, 1.165) is 6.42 Å². The number of halogens is 1. The third kappa shape index (κ3) is 6.59. The number of carbonyl (C=O) groups is 1. The zero-order valence-electron chi connectivity index (χ0n) is 16.2. The first-order valence-electron chi connectivity index (χ1n) is 9.25. The van der Waals surface area contributed by atoms with Crippen LogP contribution >= 0.6 is 28.1 Å². The van der Waals surface area contributed by atoms with Crippen molar-refractivity contribution in [1.29, 1.82) is 0 Å². The number of hydrogen-bond acceptors (Lipinski definition) is 5. The molecule has 7 nitrogen and oxygen atoms in total. The number of hydrogen-bond donors (Lipinski definition) is 2. The number of thiocarbonyl (C=S) groups is 1. The van der Waals surface area contributed by atoms with Gasteiger partial charge in [0.1, 0.15) is 5.75 Å². The number of nitro benzene ring substituents is 1. The van der Waals surface area contributed by atoms with Gasteiger partial charge in [0, 0.05) is 28.6 Å². The van der Waals surface area contributed by atoms with Crippen molar-refractivity contribution in [2.45, 2.75) is 6.42 Å². The van der Waals surface area contributed by atoms with Crippen LogP contribution in [-0.4, -0.2) is 22.5 Å². The lowest BCUT2D eigenvalue weighted by molar-refractivity contribution is -0.384. The van der Waals surface area contributed by atoms with E-state index in [0.29, 0.717) is 28.1 Å². The number of nitrogens with one attached hydrogen (secondary N) is 2. The predicted molar refractivity (Wildman–Crippen MR) is 127 cm³/mol. The van der Waals surface area contributed by atoms with Crippen LogP contribution < -0.4 is 15.4 Å². The monoisotopic (exact) mass is 499 g/mol. The number of anilines is 1. The molecule has 1 amide bonds. The summed E-state index contributed by atoms with van der Waals surface area (Å²) in [7, 11) is 0. The van der Waals surface area contributed by atoms with E-state index in [9.17, 15) is 14.9 Å². The van der Waals surface area contributed by atoms with Crippen molar-refractivity contribution in [1.82, 2.24) is 5.32 Å². The second-order valence-electron chi connectivity index (χ2n) is 6.44. The first kappa shape index (κ1) is 22.4. The molecule has 0 unspecified atom stereocenters. The predicted octanol–water partition coefficient (Wildman–Crippen LogP) is 5.11. The van der Waals surface area contributed by atoms with Crippen LogP contribution in [0.15, 0.2) is 77.3 Å². The molecule has 3 aromatic rings. The Balaban J connectivity index is 1.55. The van der Waals surface area contributed by atoms with Gasteiger partial charge in [0.2, 0.25) is 0 Å². The Labute approximate surface area is 192 Å². The number of nitrogens with zero attached hydrogens (tertiary/aromatic N) is 1. The van der Waals surface area contributed by atoms with Crippen LogP contribution in [-0.2, 0) is 6.42 Å². The molecule has 0 aliphatic rings. The molecule has 0 saturated carbocycles. The van der Waals surface area contributed by atoms with Gasteiger partial charge in [0.25, 0.3) is 11.6 Å². The van der Waals surface area contributed by atoms with Crippen molar-refractivity contribution in [3.63, 3.8) is 0 Å². The van der Waals surface area contributed by atoms with Gasteiger partial charge in [0.15, 0.2) is 5.11 Å². The smallest absolute Gasteiger partial charge is 0.270 e. The van der Waals surface area contributed by atoms with Gasteiger partial charge in [-0.05, 0) is 58.0 Å². The van der Waals surface area contributed by atoms with Crippen LogP contribution in [0.5, 0.6) is 5.75 Å². The van der Waals surface area contributed by atoms with Gasteiger partial charge in [-0.25, -0.2) is 0 Å². The average molecular weight is 500 g/mol. The highest BCUT2D eigenvalue weighted by Gasteiger charge is 2.12. The Hall–Kier alpha value is -3.30. The molecule has 0 aromatic heterocycles. The maximum absolute atomic E-state index is 12.5. The Morgan fingerprint density at radius 1 is 1.06 bits per heavy atom. The van der Waals surface area contributed by atoms with Crippen molar-refractivity contribution in [3.8, 4) is 5.75 Å². The molecule has 0 radical (unpaired) electrons. The molecule has 3 rings (SSSR count). The molecule has 158 valence electrons. The summed E-state index contributed by atoms with van der Waals surface area (Å²) in [6, 6.07) is 21.0. The summed E-state index contributed by atoms with van der Waals surface area (Å²) < 4.78 is 6.21. The molecule has 0 saturated heterocycles.